The zero-order valence-electron chi connectivity index (χ0n) is 18.2. The van der Waals surface area contributed by atoms with E-state index >= 15 is 0 Å². The lowest BCUT2D eigenvalue weighted by molar-refractivity contribution is -0.328. The number of hydrogen-bond acceptors (Lipinski definition) is 6. The van der Waals surface area contributed by atoms with Gasteiger partial charge in [-0.15, -0.1) is 6.58 Å². The van der Waals surface area contributed by atoms with E-state index in [0.717, 1.165) is 11.1 Å². The van der Waals surface area contributed by atoms with Crippen molar-refractivity contribution in [3.8, 4) is 0 Å². The maximum Gasteiger partial charge on any atom is 0.184 e. The normalized spacial score (nSPS) is 30.9. The average Bonchev–Trinajstić information content (AvgIpc) is 2.86. The van der Waals surface area contributed by atoms with Crippen LogP contribution in [0.5, 0.6) is 0 Å². The van der Waals surface area contributed by atoms with E-state index in [1.807, 2.05) is 67.6 Å². The largest absolute Gasteiger partial charge is 0.368 e. The third-order valence-corrected chi connectivity index (χ3v) is 7.06. The first-order valence-corrected chi connectivity index (χ1v) is 12.3. The van der Waals surface area contributed by atoms with Gasteiger partial charge in [0.15, 0.2) is 11.7 Å². The Morgan fingerprint density at radius 1 is 1.03 bits per heavy atom. The lowest BCUT2D eigenvalue weighted by Crippen LogP contribution is -2.64. The minimum Gasteiger partial charge on any atom is -0.368 e. The van der Waals surface area contributed by atoms with E-state index in [1.54, 1.807) is 6.08 Å². The molecule has 7 heteroatoms. The summed E-state index contributed by atoms with van der Waals surface area (Å²) in [4.78, 5) is 0. The lowest BCUT2D eigenvalue weighted by atomic mass is 9.98. The Morgan fingerprint density at radius 2 is 1.75 bits per heavy atom. The predicted octanol–water partition coefficient (Wildman–Crippen LogP) is 3.75. The molecule has 2 fully saturated rings. The summed E-state index contributed by atoms with van der Waals surface area (Å²) in [6.45, 7) is 6.63. The van der Waals surface area contributed by atoms with Gasteiger partial charge in [-0.2, -0.15) is 0 Å². The molecule has 2 aliphatic rings. The van der Waals surface area contributed by atoms with E-state index in [1.165, 1.54) is 0 Å². The molecule has 2 heterocycles. The van der Waals surface area contributed by atoms with Gasteiger partial charge in [0.1, 0.15) is 24.4 Å². The van der Waals surface area contributed by atoms with Gasteiger partial charge in [0.05, 0.1) is 30.6 Å². The molecule has 0 amide bonds. The third-order valence-electron chi connectivity index (χ3n) is 5.59. The number of benzene rings is 2. The summed E-state index contributed by atoms with van der Waals surface area (Å²) in [5.41, 5.74) is 1.33. The maximum absolute atomic E-state index is 12.9. The molecule has 172 valence electrons. The van der Waals surface area contributed by atoms with Crippen LogP contribution in [0.25, 0.3) is 0 Å². The zero-order valence-corrected chi connectivity index (χ0v) is 19.0. The highest BCUT2D eigenvalue weighted by Gasteiger charge is 2.52. The van der Waals surface area contributed by atoms with Gasteiger partial charge in [0.2, 0.25) is 0 Å². The molecule has 32 heavy (non-hydrogen) atoms. The molecule has 0 N–H and O–H groups in total. The van der Waals surface area contributed by atoms with Gasteiger partial charge >= 0.3 is 0 Å². The summed E-state index contributed by atoms with van der Waals surface area (Å²) in [6.07, 6.45) is -0.739. The molecule has 6 nitrogen and oxygen atoms in total. The van der Waals surface area contributed by atoms with Crippen molar-refractivity contribution in [3.63, 3.8) is 0 Å². The zero-order chi connectivity index (χ0) is 22.3. The molecule has 4 rings (SSSR count). The van der Waals surface area contributed by atoms with Crippen molar-refractivity contribution in [2.75, 3.05) is 19.0 Å². The molecule has 0 aromatic heterocycles. The van der Waals surface area contributed by atoms with Gasteiger partial charge < -0.3 is 23.7 Å². The Morgan fingerprint density at radius 3 is 2.44 bits per heavy atom. The molecule has 7 atom stereocenters. The van der Waals surface area contributed by atoms with E-state index in [2.05, 4.69) is 6.58 Å². The van der Waals surface area contributed by atoms with Crippen molar-refractivity contribution in [3.05, 3.63) is 84.4 Å². The first-order chi connectivity index (χ1) is 15.7. The second kappa shape index (κ2) is 11.3. The van der Waals surface area contributed by atoms with E-state index in [-0.39, 0.29) is 0 Å². The summed E-state index contributed by atoms with van der Waals surface area (Å²) >= 11 is 0. The minimum atomic E-state index is -1.25. The van der Waals surface area contributed by atoms with E-state index in [0.29, 0.717) is 25.6 Å². The van der Waals surface area contributed by atoms with Gasteiger partial charge in [0, 0.05) is 11.3 Å². The number of fused-ring (bicyclic) bond motifs is 1. The molecule has 0 saturated carbocycles. The first-order valence-electron chi connectivity index (χ1n) is 10.9. The quantitative estimate of drug-likeness (QED) is 0.534. The monoisotopic (exact) mass is 458 g/mol. The Hall–Kier alpha value is -1.87. The van der Waals surface area contributed by atoms with Crippen molar-refractivity contribution in [1.82, 2.24) is 0 Å². The van der Waals surface area contributed by atoms with Crippen LogP contribution < -0.4 is 0 Å². The fraction of sp³-hybridized carbons (Fsp3) is 0.440. The number of hydrogen-bond donors (Lipinski definition) is 0. The molecule has 0 aliphatic carbocycles. The summed E-state index contributed by atoms with van der Waals surface area (Å²) in [5, 5.41) is 0. The van der Waals surface area contributed by atoms with Crippen molar-refractivity contribution < 1.29 is 27.9 Å². The molecular weight excluding hydrogens is 428 g/mol. The summed E-state index contributed by atoms with van der Waals surface area (Å²) in [5.74, 6) is 0.454. The fourth-order valence-electron chi connectivity index (χ4n) is 4.01. The Balaban J connectivity index is 1.61. The van der Waals surface area contributed by atoms with Crippen molar-refractivity contribution in [2.45, 2.75) is 49.7 Å². The Bertz CT molecular complexity index is 877. The number of ether oxygens (including phenoxy) is 5. The molecule has 2 aromatic rings. The van der Waals surface area contributed by atoms with Gasteiger partial charge in [-0.25, -0.2) is 0 Å². The van der Waals surface area contributed by atoms with E-state index in [9.17, 15) is 4.21 Å². The first kappa shape index (κ1) is 23.3. The summed E-state index contributed by atoms with van der Waals surface area (Å²) < 4.78 is 43.9. The second-order valence-corrected chi connectivity index (χ2v) is 9.54. The maximum atomic E-state index is 12.9. The second-order valence-electron chi connectivity index (χ2n) is 7.74. The molecule has 0 radical (unpaired) electrons. The molecular formula is C25H30O6S. The molecule has 2 unspecified atom stereocenters. The van der Waals surface area contributed by atoms with Crippen LogP contribution in [-0.2, 0) is 41.1 Å². The average molecular weight is 459 g/mol. The van der Waals surface area contributed by atoms with Crippen molar-refractivity contribution >= 4 is 10.8 Å². The highest BCUT2D eigenvalue weighted by molar-refractivity contribution is 7.85. The van der Waals surface area contributed by atoms with Crippen LogP contribution in [0, 0.1) is 0 Å². The van der Waals surface area contributed by atoms with Crippen LogP contribution in [0.4, 0.5) is 0 Å². The fourth-order valence-corrected chi connectivity index (χ4v) is 5.14. The highest BCUT2D eigenvalue weighted by Crippen LogP contribution is 2.37. The van der Waals surface area contributed by atoms with Crippen LogP contribution in [0.1, 0.15) is 24.3 Å². The van der Waals surface area contributed by atoms with E-state index < -0.39 is 46.9 Å². The van der Waals surface area contributed by atoms with Gasteiger partial charge in [-0.3, -0.25) is 4.21 Å². The Kier molecular flexibility index (Phi) is 8.24. The summed E-state index contributed by atoms with van der Waals surface area (Å²) in [7, 11) is -1.25. The molecule has 2 aliphatic heterocycles. The van der Waals surface area contributed by atoms with Crippen molar-refractivity contribution in [1.29, 1.82) is 0 Å². The SMILES string of the molecule is C=CCO[C@H]1[C@@H](OCc2ccccc2)[C@@H]2OC(c3ccccc3)OC[C@H]2O[C@@H]1S(=O)CC. The van der Waals surface area contributed by atoms with Crippen LogP contribution in [0.3, 0.4) is 0 Å². The van der Waals surface area contributed by atoms with Gasteiger partial charge in [-0.05, 0) is 5.56 Å². The van der Waals surface area contributed by atoms with Crippen molar-refractivity contribution in [2.24, 2.45) is 0 Å². The minimum absolute atomic E-state index is 0.298. The van der Waals surface area contributed by atoms with Crippen LogP contribution in [0.15, 0.2) is 73.3 Å². The van der Waals surface area contributed by atoms with E-state index in [4.69, 9.17) is 23.7 Å². The smallest absolute Gasteiger partial charge is 0.184 e. The van der Waals surface area contributed by atoms with Crippen LogP contribution >= 0.6 is 0 Å². The Labute approximate surface area is 191 Å². The molecule has 0 bridgehead atoms. The number of rotatable bonds is 9. The predicted molar refractivity (Wildman–Crippen MR) is 122 cm³/mol. The molecule has 2 saturated heterocycles. The van der Waals surface area contributed by atoms with Gasteiger partial charge in [0.25, 0.3) is 0 Å². The highest BCUT2D eigenvalue weighted by atomic mass is 32.2. The topological polar surface area (TPSA) is 63.2 Å². The standard InChI is InChI=1S/C25H30O6S/c1-3-15-27-23-22(28-16-18-11-7-5-8-12-18)21-20(30-25(23)32(26)4-2)17-29-24(31-21)19-13-9-6-10-14-19/h3,5-14,20-25H,1,4,15-17H2,2H3/t20-,21-,22+,23+,24?,25-,32?/m1/s1. The van der Waals surface area contributed by atoms with Gasteiger partial charge in [-0.1, -0.05) is 73.7 Å². The lowest BCUT2D eigenvalue weighted by Gasteiger charge is -2.48. The third kappa shape index (κ3) is 5.36. The van der Waals surface area contributed by atoms with Crippen LogP contribution in [-0.4, -0.2) is 53.0 Å². The summed E-state index contributed by atoms with van der Waals surface area (Å²) in [6, 6.07) is 19.7. The molecule has 2 aromatic carbocycles. The van der Waals surface area contributed by atoms with Crippen LogP contribution in [0.2, 0.25) is 0 Å². The molecule has 0 spiro atoms.